The number of aromatic nitrogens is 1. The number of benzene rings is 1. The molecule has 112 valence electrons. The van der Waals surface area contributed by atoms with Crippen LogP contribution in [0.5, 0.6) is 0 Å². The van der Waals surface area contributed by atoms with Gasteiger partial charge in [-0.05, 0) is 18.2 Å². The van der Waals surface area contributed by atoms with Crippen LogP contribution in [-0.2, 0) is 21.3 Å². The van der Waals surface area contributed by atoms with Gasteiger partial charge in [0, 0.05) is 11.8 Å². The monoisotopic (exact) mass is 311 g/mol. The molecule has 0 atom stereocenters. The van der Waals surface area contributed by atoms with Crippen molar-refractivity contribution in [3.8, 4) is 0 Å². The number of sulfonamides is 1. The van der Waals surface area contributed by atoms with Crippen LogP contribution in [0.3, 0.4) is 0 Å². The molecule has 1 heterocycles. The summed E-state index contributed by atoms with van der Waals surface area (Å²) in [7, 11) is -2.78. The zero-order chi connectivity index (χ0) is 15.5. The van der Waals surface area contributed by atoms with Crippen LogP contribution in [0.15, 0.2) is 39.9 Å². The third-order valence-corrected chi connectivity index (χ3v) is 4.09. The number of nitrogens with two attached hydrogens (primary N) is 1. The summed E-state index contributed by atoms with van der Waals surface area (Å²) in [5.41, 5.74) is 5.69. The maximum absolute atomic E-state index is 12.3. The summed E-state index contributed by atoms with van der Waals surface area (Å²) in [6.45, 7) is -0.0900. The molecule has 0 amide bonds. The molecule has 0 radical (unpaired) electrons. The van der Waals surface area contributed by atoms with E-state index in [0.717, 1.165) is 7.11 Å². The number of nitrogen functional groups attached to an aromatic ring is 1. The maximum atomic E-state index is 12.3. The molecule has 1 aromatic carbocycles. The molecular formula is C12H13N3O5S. The Hall–Kier alpha value is -2.39. The van der Waals surface area contributed by atoms with Crippen molar-refractivity contribution in [3.63, 3.8) is 0 Å². The molecule has 1 aromatic heterocycles. The molecule has 8 nitrogen and oxygen atoms in total. The highest BCUT2D eigenvalue weighted by atomic mass is 32.2. The largest absolute Gasteiger partial charge is 0.465 e. The Labute approximate surface area is 120 Å². The summed E-state index contributed by atoms with van der Waals surface area (Å²) in [6.07, 6.45) is 1.40. The molecule has 0 saturated heterocycles. The lowest BCUT2D eigenvalue weighted by atomic mass is 10.2. The van der Waals surface area contributed by atoms with Crippen LogP contribution in [0.2, 0.25) is 0 Å². The molecule has 0 saturated carbocycles. The lowest BCUT2D eigenvalue weighted by molar-refractivity contribution is 0.0596. The lowest BCUT2D eigenvalue weighted by Gasteiger charge is -2.10. The molecule has 0 unspecified atom stereocenters. The van der Waals surface area contributed by atoms with Gasteiger partial charge in [0.2, 0.25) is 10.0 Å². The van der Waals surface area contributed by atoms with E-state index in [9.17, 15) is 13.2 Å². The van der Waals surface area contributed by atoms with E-state index in [2.05, 4.69) is 14.6 Å². The number of hydrogen-bond acceptors (Lipinski definition) is 7. The van der Waals surface area contributed by atoms with Gasteiger partial charge >= 0.3 is 5.97 Å². The molecule has 0 aliphatic rings. The molecule has 0 aliphatic heterocycles. The van der Waals surface area contributed by atoms with Crippen LogP contribution in [0.25, 0.3) is 0 Å². The van der Waals surface area contributed by atoms with Gasteiger partial charge < -0.3 is 15.0 Å². The van der Waals surface area contributed by atoms with Crippen molar-refractivity contribution < 1.29 is 22.5 Å². The van der Waals surface area contributed by atoms with E-state index in [1.807, 2.05) is 0 Å². The third kappa shape index (κ3) is 3.38. The Bertz CT molecular complexity index is 740. The molecule has 2 rings (SSSR count). The summed E-state index contributed by atoms with van der Waals surface area (Å²) < 4.78 is 36.2. The Morgan fingerprint density at radius 1 is 1.43 bits per heavy atom. The van der Waals surface area contributed by atoms with Crippen LogP contribution >= 0.6 is 0 Å². The highest BCUT2D eigenvalue weighted by molar-refractivity contribution is 7.89. The smallest absolute Gasteiger partial charge is 0.339 e. The van der Waals surface area contributed by atoms with Crippen LogP contribution in [-0.4, -0.2) is 26.7 Å². The van der Waals surface area contributed by atoms with E-state index in [1.165, 1.54) is 30.5 Å². The van der Waals surface area contributed by atoms with Gasteiger partial charge in [-0.25, -0.2) is 17.9 Å². The van der Waals surface area contributed by atoms with E-state index < -0.39 is 16.0 Å². The molecule has 3 N–H and O–H groups in total. The van der Waals surface area contributed by atoms with E-state index in [0.29, 0.717) is 5.76 Å². The first-order valence-electron chi connectivity index (χ1n) is 5.81. The van der Waals surface area contributed by atoms with Gasteiger partial charge in [0.15, 0.2) is 5.76 Å². The highest BCUT2D eigenvalue weighted by Crippen LogP contribution is 2.20. The number of ether oxygens (including phenoxy) is 1. The molecule has 0 fully saturated rings. The first-order chi connectivity index (χ1) is 9.94. The van der Waals surface area contributed by atoms with Gasteiger partial charge in [0.05, 0.1) is 30.3 Å². The van der Waals surface area contributed by atoms with Crippen LogP contribution in [0.4, 0.5) is 5.69 Å². The number of nitrogens with one attached hydrogen (secondary N) is 1. The van der Waals surface area contributed by atoms with Gasteiger partial charge in [-0.2, -0.15) is 0 Å². The summed E-state index contributed by atoms with van der Waals surface area (Å²) in [6, 6.07) is 5.39. The predicted molar refractivity (Wildman–Crippen MR) is 72.7 cm³/mol. The minimum absolute atomic E-state index is 0.0900. The van der Waals surface area contributed by atoms with Crippen molar-refractivity contribution in [2.75, 3.05) is 12.8 Å². The van der Waals surface area contributed by atoms with E-state index in [-0.39, 0.29) is 22.7 Å². The van der Waals surface area contributed by atoms with Crippen molar-refractivity contribution in [1.29, 1.82) is 0 Å². The van der Waals surface area contributed by atoms with Crippen LogP contribution in [0.1, 0.15) is 16.1 Å². The van der Waals surface area contributed by atoms with Gasteiger partial charge in [-0.1, -0.05) is 5.16 Å². The molecule has 0 bridgehead atoms. The summed E-state index contributed by atoms with van der Waals surface area (Å²) >= 11 is 0. The highest BCUT2D eigenvalue weighted by Gasteiger charge is 2.23. The number of hydrogen-bond donors (Lipinski definition) is 2. The average Bonchev–Trinajstić information content (AvgIpc) is 2.97. The maximum Gasteiger partial charge on any atom is 0.339 e. The van der Waals surface area contributed by atoms with Crippen molar-refractivity contribution in [2.24, 2.45) is 0 Å². The zero-order valence-electron chi connectivity index (χ0n) is 11.1. The molecule has 0 aliphatic carbocycles. The van der Waals surface area contributed by atoms with Gasteiger partial charge in [-0.3, -0.25) is 0 Å². The first-order valence-corrected chi connectivity index (χ1v) is 7.29. The SMILES string of the molecule is COC(=O)c1cc(N)ccc1S(=O)(=O)NCc1ccno1. The number of carbonyl (C=O) groups is 1. The Morgan fingerprint density at radius 2 is 2.19 bits per heavy atom. The molecule has 0 spiro atoms. The van der Waals surface area contributed by atoms with Crippen molar-refractivity contribution >= 4 is 21.7 Å². The minimum atomic E-state index is -3.93. The average molecular weight is 311 g/mol. The van der Waals surface area contributed by atoms with Crippen LogP contribution < -0.4 is 10.5 Å². The fourth-order valence-corrected chi connectivity index (χ4v) is 2.80. The number of anilines is 1. The number of rotatable bonds is 5. The van der Waals surface area contributed by atoms with Crippen LogP contribution in [0, 0.1) is 0 Å². The van der Waals surface area contributed by atoms with E-state index >= 15 is 0 Å². The van der Waals surface area contributed by atoms with Gasteiger partial charge in [0.25, 0.3) is 0 Å². The van der Waals surface area contributed by atoms with Crippen molar-refractivity contribution in [1.82, 2.24) is 9.88 Å². The van der Waals surface area contributed by atoms with E-state index in [1.54, 1.807) is 0 Å². The van der Waals surface area contributed by atoms with Gasteiger partial charge in [-0.15, -0.1) is 0 Å². The second kappa shape index (κ2) is 5.94. The van der Waals surface area contributed by atoms with Crippen molar-refractivity contribution in [2.45, 2.75) is 11.4 Å². The molecule has 9 heteroatoms. The summed E-state index contributed by atoms with van der Waals surface area (Å²) in [5, 5.41) is 3.47. The summed E-state index contributed by atoms with van der Waals surface area (Å²) in [5.74, 6) is -0.448. The molecular weight excluding hydrogens is 298 g/mol. The third-order valence-electron chi connectivity index (χ3n) is 2.63. The Balaban J connectivity index is 2.33. The fourth-order valence-electron chi connectivity index (χ4n) is 1.63. The Morgan fingerprint density at radius 3 is 2.81 bits per heavy atom. The number of nitrogens with zero attached hydrogens (tertiary/aromatic N) is 1. The lowest BCUT2D eigenvalue weighted by Crippen LogP contribution is -2.25. The standard InChI is InChI=1S/C12H13N3O5S/c1-19-12(16)10-6-8(13)2-3-11(10)21(17,18)15-7-9-4-5-14-20-9/h2-6,15H,7,13H2,1H3. The molecule has 21 heavy (non-hydrogen) atoms. The number of esters is 1. The summed E-state index contributed by atoms with van der Waals surface area (Å²) in [4.78, 5) is 11.4. The minimum Gasteiger partial charge on any atom is -0.465 e. The second-order valence-electron chi connectivity index (χ2n) is 4.05. The topological polar surface area (TPSA) is 125 Å². The first kappa shape index (κ1) is 15.0. The normalized spacial score (nSPS) is 11.3. The van der Waals surface area contributed by atoms with Crippen molar-refractivity contribution in [3.05, 3.63) is 41.8 Å². The quantitative estimate of drug-likeness (QED) is 0.609. The number of methoxy groups -OCH3 is 1. The van der Waals surface area contributed by atoms with E-state index in [4.69, 9.17) is 10.3 Å². The fraction of sp³-hybridized carbons (Fsp3) is 0.167. The second-order valence-corrected chi connectivity index (χ2v) is 5.79. The zero-order valence-corrected chi connectivity index (χ0v) is 11.9. The Kier molecular flexibility index (Phi) is 4.24. The molecule has 2 aromatic rings. The predicted octanol–water partition coefficient (Wildman–Crippen LogP) is 0.522. The van der Waals surface area contributed by atoms with Gasteiger partial charge in [0.1, 0.15) is 0 Å². The number of carbonyl (C=O) groups excluding carboxylic acids is 1.